The summed E-state index contributed by atoms with van der Waals surface area (Å²) in [5, 5.41) is 12.3. The molecule has 1 aliphatic carbocycles. The van der Waals surface area contributed by atoms with Gasteiger partial charge in [0.15, 0.2) is 0 Å². The Morgan fingerprint density at radius 3 is 2.47 bits per heavy atom. The first-order valence-electron chi connectivity index (χ1n) is 5.81. The largest absolute Gasteiger partial charge is 0.481 e. The van der Waals surface area contributed by atoms with E-state index in [0.717, 1.165) is 6.42 Å². The van der Waals surface area contributed by atoms with E-state index in [1.807, 2.05) is 6.92 Å². The lowest BCUT2D eigenvalue weighted by atomic mass is 9.91. The topological polar surface area (TPSA) is 49.3 Å². The van der Waals surface area contributed by atoms with Crippen LogP contribution < -0.4 is 5.32 Å². The predicted octanol–water partition coefficient (Wildman–Crippen LogP) is 2.26. The van der Waals surface area contributed by atoms with E-state index in [1.54, 1.807) is 6.92 Å². The molecule has 1 fully saturated rings. The van der Waals surface area contributed by atoms with Crippen molar-refractivity contribution in [3.8, 4) is 0 Å². The summed E-state index contributed by atoms with van der Waals surface area (Å²) in [6, 6.07) is 0.554. The number of carbonyl (C=O) groups is 1. The molecule has 0 bridgehead atoms. The molecule has 0 aliphatic heterocycles. The average molecular weight is 213 g/mol. The Bertz CT molecular complexity index is 238. The minimum absolute atomic E-state index is 0.0569. The first-order chi connectivity index (χ1) is 6.82. The quantitative estimate of drug-likeness (QED) is 0.753. The molecule has 88 valence electrons. The van der Waals surface area contributed by atoms with E-state index in [2.05, 4.69) is 19.2 Å². The third-order valence-electron chi connectivity index (χ3n) is 3.61. The van der Waals surface area contributed by atoms with Gasteiger partial charge in [0.05, 0.1) is 5.92 Å². The third kappa shape index (κ3) is 3.49. The first kappa shape index (κ1) is 12.5. The summed E-state index contributed by atoms with van der Waals surface area (Å²) in [5.41, 5.74) is 0.420. The molecule has 0 aromatic carbocycles. The van der Waals surface area contributed by atoms with Crippen LogP contribution in [0.4, 0.5) is 0 Å². The second-order valence-corrected chi connectivity index (χ2v) is 5.69. The number of rotatable bonds is 4. The highest BCUT2D eigenvalue weighted by Gasteiger charge is 2.32. The van der Waals surface area contributed by atoms with Crippen molar-refractivity contribution in [1.29, 1.82) is 0 Å². The average Bonchev–Trinajstić information content (AvgIpc) is 2.43. The van der Waals surface area contributed by atoms with Crippen molar-refractivity contribution in [2.24, 2.45) is 11.3 Å². The lowest BCUT2D eigenvalue weighted by Crippen LogP contribution is -2.41. The van der Waals surface area contributed by atoms with Gasteiger partial charge >= 0.3 is 5.97 Å². The number of hydrogen-bond acceptors (Lipinski definition) is 2. The highest BCUT2D eigenvalue weighted by atomic mass is 16.4. The van der Waals surface area contributed by atoms with Crippen molar-refractivity contribution in [1.82, 2.24) is 5.32 Å². The van der Waals surface area contributed by atoms with Gasteiger partial charge in [-0.2, -0.15) is 0 Å². The minimum atomic E-state index is -0.716. The molecule has 3 unspecified atom stereocenters. The summed E-state index contributed by atoms with van der Waals surface area (Å²) in [6.07, 6.45) is 3.56. The summed E-state index contributed by atoms with van der Waals surface area (Å²) in [5.74, 6) is -1.03. The number of aliphatic carboxylic acids is 1. The van der Waals surface area contributed by atoms with E-state index < -0.39 is 5.97 Å². The summed E-state index contributed by atoms with van der Waals surface area (Å²) < 4.78 is 0. The fraction of sp³-hybridized carbons (Fsp3) is 0.917. The van der Waals surface area contributed by atoms with E-state index in [9.17, 15) is 4.79 Å². The summed E-state index contributed by atoms with van der Waals surface area (Å²) in [4.78, 5) is 10.8. The summed E-state index contributed by atoms with van der Waals surface area (Å²) >= 11 is 0. The molecule has 0 heterocycles. The van der Waals surface area contributed by atoms with Crippen LogP contribution in [0.5, 0.6) is 0 Å². The Kier molecular flexibility index (Phi) is 3.77. The standard InChI is InChI=1S/C12H23NO2/c1-8(11(14)15)9(2)13-10-5-6-12(3,4)7-10/h8-10,13H,5-7H2,1-4H3,(H,14,15). The van der Waals surface area contributed by atoms with Gasteiger partial charge in [0.25, 0.3) is 0 Å². The van der Waals surface area contributed by atoms with Crippen molar-refractivity contribution in [2.45, 2.75) is 59.0 Å². The zero-order chi connectivity index (χ0) is 11.6. The van der Waals surface area contributed by atoms with Crippen LogP contribution in [-0.4, -0.2) is 23.2 Å². The van der Waals surface area contributed by atoms with Crippen LogP contribution in [0.1, 0.15) is 47.0 Å². The van der Waals surface area contributed by atoms with E-state index in [4.69, 9.17) is 5.11 Å². The van der Waals surface area contributed by atoms with Crippen LogP contribution in [0.25, 0.3) is 0 Å². The zero-order valence-electron chi connectivity index (χ0n) is 10.2. The number of nitrogens with one attached hydrogen (secondary N) is 1. The molecule has 2 N–H and O–H groups in total. The van der Waals surface area contributed by atoms with Crippen molar-refractivity contribution < 1.29 is 9.90 Å². The Labute approximate surface area is 92.3 Å². The Hall–Kier alpha value is -0.570. The van der Waals surface area contributed by atoms with Crippen LogP contribution >= 0.6 is 0 Å². The second kappa shape index (κ2) is 4.52. The lowest BCUT2D eigenvalue weighted by Gasteiger charge is -2.24. The Balaban J connectivity index is 2.40. The van der Waals surface area contributed by atoms with Crippen molar-refractivity contribution in [2.75, 3.05) is 0 Å². The van der Waals surface area contributed by atoms with E-state index in [1.165, 1.54) is 12.8 Å². The smallest absolute Gasteiger partial charge is 0.307 e. The van der Waals surface area contributed by atoms with Gasteiger partial charge in [-0.25, -0.2) is 0 Å². The molecule has 0 radical (unpaired) electrons. The molecule has 1 aliphatic rings. The summed E-state index contributed by atoms with van der Waals surface area (Å²) in [6.45, 7) is 8.28. The number of carboxylic acid groups (broad SMARTS) is 1. The van der Waals surface area contributed by atoms with Gasteiger partial charge in [0.2, 0.25) is 0 Å². The zero-order valence-corrected chi connectivity index (χ0v) is 10.2. The van der Waals surface area contributed by atoms with Crippen molar-refractivity contribution >= 4 is 5.97 Å². The molecule has 3 heteroatoms. The molecule has 3 nitrogen and oxygen atoms in total. The lowest BCUT2D eigenvalue weighted by molar-refractivity contribution is -0.142. The van der Waals surface area contributed by atoms with Crippen molar-refractivity contribution in [3.63, 3.8) is 0 Å². The third-order valence-corrected chi connectivity index (χ3v) is 3.61. The SMILES string of the molecule is CC(NC1CCC(C)(C)C1)C(C)C(=O)O. The molecule has 0 aromatic heterocycles. The molecule has 3 atom stereocenters. The van der Waals surface area contributed by atoms with Gasteiger partial charge < -0.3 is 10.4 Å². The van der Waals surface area contributed by atoms with E-state index in [-0.39, 0.29) is 12.0 Å². The number of carboxylic acids is 1. The highest BCUT2D eigenvalue weighted by Crippen LogP contribution is 2.37. The molecular formula is C12H23NO2. The minimum Gasteiger partial charge on any atom is -0.481 e. The first-order valence-corrected chi connectivity index (χ1v) is 5.81. The Morgan fingerprint density at radius 1 is 1.47 bits per heavy atom. The molecule has 0 aromatic rings. The molecule has 0 spiro atoms. The van der Waals surface area contributed by atoms with E-state index >= 15 is 0 Å². The molecule has 15 heavy (non-hydrogen) atoms. The fourth-order valence-electron chi connectivity index (χ4n) is 2.31. The maximum Gasteiger partial charge on any atom is 0.307 e. The normalized spacial score (nSPS) is 28.7. The van der Waals surface area contributed by atoms with Crippen LogP contribution in [0.3, 0.4) is 0 Å². The maximum atomic E-state index is 10.8. The van der Waals surface area contributed by atoms with Crippen LogP contribution in [-0.2, 0) is 4.79 Å². The Morgan fingerprint density at radius 2 is 2.07 bits per heavy atom. The molecule has 1 rings (SSSR count). The molecule has 1 saturated carbocycles. The predicted molar refractivity (Wildman–Crippen MR) is 60.8 cm³/mol. The van der Waals surface area contributed by atoms with Gasteiger partial charge in [-0.1, -0.05) is 20.8 Å². The van der Waals surface area contributed by atoms with Crippen LogP contribution in [0.15, 0.2) is 0 Å². The van der Waals surface area contributed by atoms with Gasteiger partial charge in [-0.3, -0.25) is 4.79 Å². The molecule has 0 saturated heterocycles. The van der Waals surface area contributed by atoms with Gasteiger partial charge in [-0.05, 0) is 31.6 Å². The van der Waals surface area contributed by atoms with E-state index in [0.29, 0.717) is 11.5 Å². The summed E-state index contributed by atoms with van der Waals surface area (Å²) in [7, 11) is 0. The second-order valence-electron chi connectivity index (χ2n) is 5.69. The van der Waals surface area contributed by atoms with Gasteiger partial charge in [0, 0.05) is 12.1 Å². The van der Waals surface area contributed by atoms with Gasteiger partial charge in [-0.15, -0.1) is 0 Å². The molecule has 0 amide bonds. The maximum absolute atomic E-state index is 10.8. The highest BCUT2D eigenvalue weighted by molar-refractivity contribution is 5.70. The van der Waals surface area contributed by atoms with Gasteiger partial charge in [0.1, 0.15) is 0 Å². The molecular weight excluding hydrogens is 190 g/mol. The van der Waals surface area contributed by atoms with Crippen LogP contribution in [0.2, 0.25) is 0 Å². The van der Waals surface area contributed by atoms with Crippen LogP contribution in [0, 0.1) is 11.3 Å². The van der Waals surface area contributed by atoms with Crippen molar-refractivity contribution in [3.05, 3.63) is 0 Å². The monoisotopic (exact) mass is 213 g/mol. The fourth-order valence-corrected chi connectivity index (χ4v) is 2.31. The number of hydrogen-bond donors (Lipinski definition) is 2.